The first-order chi connectivity index (χ1) is 11.2. The Morgan fingerprint density at radius 2 is 1.96 bits per heavy atom. The summed E-state index contributed by atoms with van der Waals surface area (Å²) in [6.07, 6.45) is 4.19. The lowest BCUT2D eigenvalue weighted by molar-refractivity contribution is 0.234. The number of thioether (sulfide) groups is 1. The zero-order chi connectivity index (χ0) is 16.5. The van der Waals surface area contributed by atoms with Crippen molar-refractivity contribution in [1.29, 1.82) is 0 Å². The fraction of sp³-hybridized carbons (Fsp3) is 0.278. The number of rotatable bonds is 7. The Morgan fingerprint density at radius 3 is 2.65 bits per heavy atom. The number of hydrogen-bond acceptors (Lipinski definition) is 3. The van der Waals surface area contributed by atoms with E-state index in [0.717, 1.165) is 29.2 Å². The van der Waals surface area contributed by atoms with Crippen molar-refractivity contribution in [2.45, 2.75) is 24.7 Å². The van der Waals surface area contributed by atoms with Gasteiger partial charge in [-0.3, -0.25) is 0 Å². The van der Waals surface area contributed by atoms with Gasteiger partial charge in [0, 0.05) is 10.6 Å². The first-order valence-corrected chi connectivity index (χ1v) is 8.84. The van der Waals surface area contributed by atoms with Gasteiger partial charge in [0.25, 0.3) is 0 Å². The minimum Gasteiger partial charge on any atom is -0.473 e. The van der Waals surface area contributed by atoms with E-state index in [4.69, 9.17) is 4.74 Å². The molecule has 0 fully saturated rings. The molecule has 0 saturated carbocycles. The van der Waals surface area contributed by atoms with E-state index < -0.39 is 0 Å². The van der Waals surface area contributed by atoms with Crippen LogP contribution in [0.4, 0.5) is 10.5 Å². The van der Waals surface area contributed by atoms with Gasteiger partial charge in [0.2, 0.25) is 0 Å². The average Bonchev–Trinajstić information content (AvgIpc) is 2.57. The highest BCUT2D eigenvalue weighted by molar-refractivity contribution is 7.98. The van der Waals surface area contributed by atoms with Crippen LogP contribution in [0.25, 0.3) is 0 Å². The minimum absolute atomic E-state index is 0.126. The molecule has 2 aromatic rings. The predicted octanol–water partition coefficient (Wildman–Crippen LogP) is 4.52. The number of hydrogen-bond donors (Lipinski definition) is 2. The Labute approximate surface area is 141 Å². The van der Waals surface area contributed by atoms with Crippen molar-refractivity contribution in [2.24, 2.45) is 0 Å². The van der Waals surface area contributed by atoms with Crippen molar-refractivity contribution >= 4 is 23.5 Å². The Kier molecular flexibility index (Phi) is 6.81. The van der Waals surface area contributed by atoms with E-state index in [1.165, 1.54) is 5.56 Å². The quantitative estimate of drug-likeness (QED) is 0.580. The Bertz CT molecular complexity index is 629. The van der Waals surface area contributed by atoms with Gasteiger partial charge < -0.3 is 15.4 Å². The molecule has 0 aliphatic rings. The molecule has 0 bridgehead atoms. The molecule has 2 N–H and O–H groups in total. The minimum atomic E-state index is -0.286. The van der Waals surface area contributed by atoms with Crippen LogP contribution in [0.3, 0.4) is 0 Å². The third-order valence-corrected chi connectivity index (χ3v) is 3.99. The lowest BCUT2D eigenvalue weighted by Gasteiger charge is -2.10. The molecule has 0 spiro atoms. The molecule has 0 saturated heterocycles. The lowest BCUT2D eigenvalue weighted by atomic mass is 10.1. The summed E-state index contributed by atoms with van der Waals surface area (Å²) in [5, 5.41) is 5.46. The molecule has 0 aliphatic heterocycles. The number of ether oxygens (including phenoxy) is 1. The average molecular weight is 330 g/mol. The Morgan fingerprint density at radius 1 is 1.17 bits per heavy atom. The largest absolute Gasteiger partial charge is 0.473 e. The van der Waals surface area contributed by atoms with Crippen molar-refractivity contribution in [3.63, 3.8) is 0 Å². The summed E-state index contributed by atoms with van der Waals surface area (Å²) in [6.45, 7) is 2.28. The molecule has 0 heterocycles. The zero-order valence-electron chi connectivity index (χ0n) is 13.5. The van der Waals surface area contributed by atoms with Gasteiger partial charge in [-0.1, -0.05) is 31.5 Å². The molecule has 122 valence electrons. The number of amides is 2. The highest BCUT2D eigenvalue weighted by Gasteiger charge is 2.02. The SMILES string of the molecule is CCCc1ccc(OCNC(=O)Nc2cccc(SC)c2)cc1. The molecule has 5 heteroatoms. The molecule has 2 aromatic carbocycles. The van der Waals surface area contributed by atoms with E-state index in [0.29, 0.717) is 0 Å². The third kappa shape index (κ3) is 5.87. The maximum Gasteiger partial charge on any atom is 0.321 e. The summed E-state index contributed by atoms with van der Waals surface area (Å²) < 4.78 is 5.52. The summed E-state index contributed by atoms with van der Waals surface area (Å²) in [5.41, 5.74) is 2.05. The van der Waals surface area contributed by atoms with Crippen LogP contribution >= 0.6 is 11.8 Å². The third-order valence-electron chi connectivity index (χ3n) is 3.26. The Balaban J connectivity index is 1.75. The fourth-order valence-corrected chi connectivity index (χ4v) is 2.56. The summed E-state index contributed by atoms with van der Waals surface area (Å²) in [6, 6.07) is 15.4. The fourth-order valence-electron chi connectivity index (χ4n) is 2.10. The lowest BCUT2D eigenvalue weighted by Crippen LogP contribution is -2.32. The van der Waals surface area contributed by atoms with Gasteiger partial charge in [-0.2, -0.15) is 0 Å². The molecule has 23 heavy (non-hydrogen) atoms. The molecular weight excluding hydrogens is 308 g/mol. The van der Waals surface area contributed by atoms with Crippen LogP contribution < -0.4 is 15.4 Å². The topological polar surface area (TPSA) is 50.4 Å². The number of urea groups is 1. The summed E-state index contributed by atoms with van der Waals surface area (Å²) >= 11 is 1.63. The van der Waals surface area contributed by atoms with Gasteiger partial charge in [-0.05, 0) is 48.6 Å². The van der Waals surface area contributed by atoms with Crippen LogP contribution in [-0.2, 0) is 6.42 Å². The standard InChI is InChI=1S/C18H22N2O2S/c1-3-5-14-8-10-16(11-9-14)22-13-19-18(21)20-15-6-4-7-17(12-15)23-2/h4,6-12H,3,5,13H2,1-2H3,(H2,19,20,21). The molecule has 0 radical (unpaired) electrons. The first kappa shape index (κ1) is 17.2. The highest BCUT2D eigenvalue weighted by Crippen LogP contribution is 2.18. The second-order valence-corrected chi connectivity index (χ2v) is 5.93. The van der Waals surface area contributed by atoms with Crippen LogP contribution in [0.1, 0.15) is 18.9 Å². The second kappa shape index (κ2) is 9.10. The molecule has 2 amide bonds. The predicted molar refractivity (Wildman–Crippen MR) is 96.3 cm³/mol. The maximum atomic E-state index is 11.8. The number of nitrogens with one attached hydrogen (secondary N) is 2. The van der Waals surface area contributed by atoms with Crippen molar-refractivity contribution in [1.82, 2.24) is 5.32 Å². The normalized spacial score (nSPS) is 10.2. The molecule has 0 aliphatic carbocycles. The number of benzene rings is 2. The van der Waals surface area contributed by atoms with Crippen LogP contribution in [0, 0.1) is 0 Å². The van der Waals surface area contributed by atoms with Crippen LogP contribution in [0.5, 0.6) is 5.75 Å². The van der Waals surface area contributed by atoms with Crippen molar-refractivity contribution in [3.05, 3.63) is 54.1 Å². The van der Waals surface area contributed by atoms with Gasteiger partial charge in [0.1, 0.15) is 5.75 Å². The van der Waals surface area contributed by atoms with E-state index in [-0.39, 0.29) is 12.8 Å². The number of anilines is 1. The number of carbonyl (C=O) groups is 1. The molecule has 0 aromatic heterocycles. The molecule has 0 unspecified atom stereocenters. The highest BCUT2D eigenvalue weighted by atomic mass is 32.2. The molecule has 0 atom stereocenters. The van der Waals surface area contributed by atoms with E-state index in [9.17, 15) is 4.79 Å². The first-order valence-electron chi connectivity index (χ1n) is 7.62. The van der Waals surface area contributed by atoms with Gasteiger partial charge in [-0.25, -0.2) is 4.79 Å². The second-order valence-electron chi connectivity index (χ2n) is 5.05. The summed E-state index contributed by atoms with van der Waals surface area (Å²) in [7, 11) is 0. The van der Waals surface area contributed by atoms with Crippen molar-refractivity contribution in [2.75, 3.05) is 18.3 Å². The Hall–Kier alpha value is -2.14. The van der Waals surface area contributed by atoms with E-state index >= 15 is 0 Å². The van der Waals surface area contributed by atoms with E-state index in [1.807, 2.05) is 54.8 Å². The molecular formula is C18H22N2O2S. The van der Waals surface area contributed by atoms with Gasteiger partial charge in [0.15, 0.2) is 6.73 Å². The molecule has 2 rings (SSSR count). The van der Waals surface area contributed by atoms with E-state index in [2.05, 4.69) is 17.6 Å². The number of carbonyl (C=O) groups excluding carboxylic acids is 1. The summed E-state index contributed by atoms with van der Waals surface area (Å²) in [4.78, 5) is 12.9. The van der Waals surface area contributed by atoms with Crippen LogP contribution in [0.15, 0.2) is 53.4 Å². The summed E-state index contributed by atoms with van der Waals surface area (Å²) in [5.74, 6) is 0.745. The number of aryl methyl sites for hydroxylation is 1. The van der Waals surface area contributed by atoms with Crippen LogP contribution in [0.2, 0.25) is 0 Å². The van der Waals surface area contributed by atoms with Gasteiger partial charge in [0.05, 0.1) is 0 Å². The zero-order valence-corrected chi connectivity index (χ0v) is 14.3. The monoisotopic (exact) mass is 330 g/mol. The van der Waals surface area contributed by atoms with Gasteiger partial charge >= 0.3 is 6.03 Å². The smallest absolute Gasteiger partial charge is 0.321 e. The van der Waals surface area contributed by atoms with E-state index in [1.54, 1.807) is 11.8 Å². The van der Waals surface area contributed by atoms with Crippen molar-refractivity contribution < 1.29 is 9.53 Å². The maximum absolute atomic E-state index is 11.8. The van der Waals surface area contributed by atoms with Crippen molar-refractivity contribution in [3.8, 4) is 5.75 Å². The molecule has 4 nitrogen and oxygen atoms in total. The van der Waals surface area contributed by atoms with Crippen LogP contribution in [-0.4, -0.2) is 19.0 Å². The van der Waals surface area contributed by atoms with Gasteiger partial charge in [-0.15, -0.1) is 11.8 Å².